The maximum atomic E-state index is 13.7. The Hall–Kier alpha value is -2.62. The van der Waals surface area contributed by atoms with E-state index in [4.69, 9.17) is 5.73 Å². The normalized spacial score (nSPS) is 15.8. The number of benzene rings is 1. The molecule has 33 heavy (non-hydrogen) atoms. The number of nitrogens with two attached hydrogens (primary N) is 1. The molecule has 0 aliphatic heterocycles. The zero-order valence-electron chi connectivity index (χ0n) is 17.4. The Labute approximate surface area is 201 Å². The van der Waals surface area contributed by atoms with Crippen molar-refractivity contribution in [3.63, 3.8) is 0 Å². The molecule has 4 N–H and O–H groups in total. The lowest BCUT2D eigenvalue weighted by molar-refractivity contribution is -0.168. The highest BCUT2D eigenvalue weighted by Gasteiger charge is 2.65. The molecule has 11 heteroatoms. The molecule has 1 amide bonds. The molecule has 1 aliphatic carbocycles. The quantitative estimate of drug-likeness (QED) is 0.422. The number of H-pyrrole nitrogens is 1. The van der Waals surface area contributed by atoms with E-state index in [1.807, 2.05) is 18.2 Å². The van der Waals surface area contributed by atoms with Crippen molar-refractivity contribution < 1.29 is 18.0 Å². The van der Waals surface area contributed by atoms with Gasteiger partial charge in [0.2, 0.25) is 5.91 Å². The highest BCUT2D eigenvalue weighted by atomic mass is 35.5. The molecule has 2 aromatic heterocycles. The van der Waals surface area contributed by atoms with Crippen molar-refractivity contribution in [3.8, 4) is 0 Å². The molecule has 4 rings (SSSR count). The molecule has 1 atom stereocenters. The third kappa shape index (κ3) is 5.85. The van der Waals surface area contributed by atoms with Crippen molar-refractivity contribution in [2.45, 2.75) is 31.5 Å². The number of alkyl halides is 3. The third-order valence-corrected chi connectivity index (χ3v) is 5.60. The van der Waals surface area contributed by atoms with Crippen molar-refractivity contribution in [1.29, 1.82) is 0 Å². The number of nitrogens with zero attached hydrogens (tertiary/aromatic N) is 2. The van der Waals surface area contributed by atoms with Crippen LogP contribution in [-0.4, -0.2) is 39.9 Å². The number of carbonyl (C=O) groups is 1. The summed E-state index contributed by atoms with van der Waals surface area (Å²) >= 11 is 0. The van der Waals surface area contributed by atoms with Gasteiger partial charge in [-0.05, 0) is 54.2 Å². The minimum Gasteiger partial charge on any atom is -0.351 e. The molecular formula is C22H24Cl2F3N5O. The molecule has 178 valence electrons. The Morgan fingerprint density at radius 1 is 1.24 bits per heavy atom. The molecule has 1 fully saturated rings. The highest BCUT2D eigenvalue weighted by Crippen LogP contribution is 2.64. The van der Waals surface area contributed by atoms with Gasteiger partial charge in [-0.25, -0.2) is 0 Å². The fourth-order valence-corrected chi connectivity index (χ4v) is 3.76. The summed E-state index contributed by atoms with van der Waals surface area (Å²) in [5.41, 5.74) is 6.29. The molecule has 3 aromatic rings. The van der Waals surface area contributed by atoms with Gasteiger partial charge >= 0.3 is 6.18 Å². The summed E-state index contributed by atoms with van der Waals surface area (Å²) < 4.78 is 41.1. The number of halogens is 5. The van der Waals surface area contributed by atoms with Crippen LogP contribution in [0.25, 0.3) is 16.5 Å². The average molecular weight is 502 g/mol. The molecule has 6 nitrogen and oxygen atoms in total. The lowest BCUT2D eigenvalue weighted by atomic mass is 9.89. The average Bonchev–Trinajstić information content (AvgIpc) is 3.43. The van der Waals surface area contributed by atoms with Gasteiger partial charge in [-0.2, -0.15) is 18.3 Å². The van der Waals surface area contributed by atoms with E-state index in [1.54, 1.807) is 12.3 Å². The lowest BCUT2D eigenvalue weighted by Crippen LogP contribution is -2.38. The monoisotopic (exact) mass is 501 g/mol. The third-order valence-electron chi connectivity index (χ3n) is 5.60. The second-order valence-electron chi connectivity index (χ2n) is 7.88. The van der Waals surface area contributed by atoms with Crippen LogP contribution in [-0.2, 0) is 11.2 Å². The topological polar surface area (TPSA) is 96.7 Å². The number of carbonyl (C=O) groups excluding carboxylic acids is 1. The number of rotatable bonds is 7. The smallest absolute Gasteiger partial charge is 0.351 e. The summed E-state index contributed by atoms with van der Waals surface area (Å²) in [5, 5.41) is 10.4. The van der Waals surface area contributed by atoms with E-state index in [2.05, 4.69) is 20.5 Å². The van der Waals surface area contributed by atoms with Crippen LogP contribution in [0.4, 0.5) is 13.2 Å². The lowest BCUT2D eigenvalue weighted by Gasteiger charge is -2.23. The number of pyridine rings is 1. The summed E-state index contributed by atoms with van der Waals surface area (Å²) in [5.74, 6) is -0.602. The molecule has 1 aromatic carbocycles. The Kier molecular flexibility index (Phi) is 8.51. The first kappa shape index (κ1) is 26.6. The zero-order chi connectivity index (χ0) is 22.1. The summed E-state index contributed by atoms with van der Waals surface area (Å²) in [4.78, 5) is 16.4. The van der Waals surface area contributed by atoms with Crippen LogP contribution in [0.2, 0.25) is 0 Å². The van der Waals surface area contributed by atoms with Gasteiger partial charge in [0.25, 0.3) is 0 Å². The number of nitrogens with one attached hydrogen (secondary N) is 2. The van der Waals surface area contributed by atoms with E-state index >= 15 is 0 Å². The Bertz CT molecular complexity index is 1110. The number of aromatic amines is 1. The summed E-state index contributed by atoms with van der Waals surface area (Å²) in [7, 11) is 0. The van der Waals surface area contributed by atoms with Gasteiger partial charge in [0, 0.05) is 36.4 Å². The summed E-state index contributed by atoms with van der Waals surface area (Å²) in [6.45, 7) is 0.137. The Morgan fingerprint density at radius 2 is 2.00 bits per heavy atom. The van der Waals surface area contributed by atoms with E-state index in [0.29, 0.717) is 12.0 Å². The van der Waals surface area contributed by atoms with Gasteiger partial charge in [-0.15, -0.1) is 24.8 Å². The first-order chi connectivity index (χ1) is 14.8. The van der Waals surface area contributed by atoms with Gasteiger partial charge in [0.15, 0.2) is 0 Å². The molecule has 0 unspecified atom stereocenters. The van der Waals surface area contributed by atoms with Gasteiger partial charge in [-0.1, -0.05) is 12.1 Å². The van der Waals surface area contributed by atoms with Crippen molar-refractivity contribution in [2.75, 3.05) is 6.54 Å². The fraction of sp³-hybridized carbons (Fsp3) is 0.318. The van der Waals surface area contributed by atoms with Crippen LogP contribution in [0.5, 0.6) is 0 Å². The number of hydrogen-bond acceptors (Lipinski definition) is 4. The maximum Gasteiger partial charge on any atom is 0.398 e. The van der Waals surface area contributed by atoms with Gasteiger partial charge in [0.1, 0.15) is 0 Å². The number of allylic oxidation sites excluding steroid dienone is 1. The van der Waals surface area contributed by atoms with Gasteiger partial charge in [0.05, 0.1) is 17.1 Å². The minimum absolute atomic E-state index is 0. The Balaban J connectivity index is 0.00000193. The number of aromatic nitrogens is 3. The van der Waals surface area contributed by atoms with E-state index in [-0.39, 0.29) is 55.8 Å². The van der Waals surface area contributed by atoms with E-state index in [9.17, 15) is 18.0 Å². The SMILES string of the molecule is Cl.Cl.N[C@H](CNC(=O)C=C(c1cccnc1)C1(C(F)(F)F)CC1)Cc1ccc2[nH]ncc2c1. The van der Waals surface area contributed by atoms with Crippen molar-refractivity contribution >= 4 is 47.2 Å². The molecule has 0 saturated heterocycles. The van der Waals surface area contributed by atoms with Crippen LogP contribution in [0.3, 0.4) is 0 Å². The van der Waals surface area contributed by atoms with Gasteiger partial charge < -0.3 is 11.1 Å². The Morgan fingerprint density at radius 3 is 2.64 bits per heavy atom. The zero-order valence-corrected chi connectivity index (χ0v) is 19.1. The molecule has 2 heterocycles. The van der Waals surface area contributed by atoms with Crippen LogP contribution >= 0.6 is 24.8 Å². The van der Waals surface area contributed by atoms with Crippen molar-refractivity contribution in [1.82, 2.24) is 20.5 Å². The van der Waals surface area contributed by atoms with Gasteiger partial charge in [-0.3, -0.25) is 14.9 Å². The van der Waals surface area contributed by atoms with E-state index in [0.717, 1.165) is 22.5 Å². The first-order valence-electron chi connectivity index (χ1n) is 9.93. The van der Waals surface area contributed by atoms with Crippen LogP contribution in [0, 0.1) is 5.41 Å². The predicted molar refractivity (Wildman–Crippen MR) is 125 cm³/mol. The highest BCUT2D eigenvalue weighted by molar-refractivity contribution is 5.97. The number of hydrogen-bond donors (Lipinski definition) is 3. The molecule has 0 bridgehead atoms. The van der Waals surface area contributed by atoms with Crippen molar-refractivity contribution in [3.05, 3.63) is 66.1 Å². The fourth-order valence-electron chi connectivity index (χ4n) is 3.76. The molecule has 0 spiro atoms. The van der Waals surface area contributed by atoms with Crippen molar-refractivity contribution in [2.24, 2.45) is 11.1 Å². The molecular weight excluding hydrogens is 478 g/mol. The van der Waals surface area contributed by atoms with Crippen LogP contribution in [0.1, 0.15) is 24.0 Å². The minimum atomic E-state index is -4.43. The first-order valence-corrected chi connectivity index (χ1v) is 9.93. The van der Waals surface area contributed by atoms with Crippen LogP contribution in [0.15, 0.2) is 55.0 Å². The second-order valence-corrected chi connectivity index (χ2v) is 7.88. The summed E-state index contributed by atoms with van der Waals surface area (Å²) in [6, 6.07) is 8.49. The van der Waals surface area contributed by atoms with Crippen LogP contribution < -0.4 is 11.1 Å². The number of fused-ring (bicyclic) bond motifs is 1. The molecule has 0 radical (unpaired) electrons. The van der Waals surface area contributed by atoms with E-state index < -0.39 is 17.5 Å². The predicted octanol–water partition coefficient (Wildman–Crippen LogP) is 4.21. The van der Waals surface area contributed by atoms with E-state index in [1.165, 1.54) is 18.5 Å². The standard InChI is InChI=1S/C22H22F3N5O.2ClH/c23-22(24,25)21(5-6-21)18(15-2-1-7-27-11-15)10-20(31)28-13-17(26)9-14-3-4-19-16(8-14)12-29-30-19;;/h1-4,7-8,10-12,17H,5-6,9,13,26H2,(H,28,31)(H,29,30);2*1H/t17-;;/m0../s1. The number of amides is 1. The summed E-state index contributed by atoms with van der Waals surface area (Å²) in [6.07, 6.45) is 1.58. The molecule has 1 saturated carbocycles. The largest absolute Gasteiger partial charge is 0.398 e. The second kappa shape index (κ2) is 10.5. The molecule has 1 aliphatic rings. The maximum absolute atomic E-state index is 13.7.